The van der Waals surface area contributed by atoms with Crippen molar-refractivity contribution in [2.45, 2.75) is 89.7 Å². The highest BCUT2D eigenvalue weighted by molar-refractivity contribution is 7.98. The van der Waals surface area contributed by atoms with Crippen molar-refractivity contribution in [3.63, 3.8) is 0 Å². The zero-order valence-electron chi connectivity index (χ0n) is 23.9. The molecule has 6 nitrogen and oxygen atoms in total. The Bertz CT molecular complexity index is 1350. The molecule has 0 spiro atoms. The van der Waals surface area contributed by atoms with Crippen molar-refractivity contribution in [1.82, 2.24) is 14.9 Å². The maximum absolute atomic E-state index is 13.6. The minimum Gasteiger partial charge on any atom is -0.382 e. The molecule has 206 valence electrons. The van der Waals surface area contributed by atoms with Crippen LogP contribution in [0.4, 0.5) is 0 Å². The Kier molecular flexibility index (Phi) is 8.95. The van der Waals surface area contributed by atoms with Crippen LogP contribution in [0, 0.1) is 19.8 Å². The van der Waals surface area contributed by atoms with Crippen molar-refractivity contribution in [3.05, 3.63) is 63.2 Å². The summed E-state index contributed by atoms with van der Waals surface area (Å²) in [6.07, 6.45) is 7.75. The Balaban J connectivity index is 1.54. The highest BCUT2D eigenvalue weighted by atomic mass is 32.2. The number of para-hydroxylation sites is 1. The number of aromatic nitrogens is 2. The lowest BCUT2D eigenvalue weighted by molar-refractivity contribution is 0.0348. The molecule has 2 heterocycles. The van der Waals surface area contributed by atoms with Crippen molar-refractivity contribution in [3.8, 4) is 0 Å². The SMILES string of the molecule is CSc1cc(C)[nH]c(=O)c1CNC(=O)c1c(C)n([C@H](C)C2CCC(OC[Si](C)(C)C)CC2)c2ccccc12. The molecule has 1 atom stereocenters. The topological polar surface area (TPSA) is 76.1 Å². The fourth-order valence-electron chi connectivity index (χ4n) is 5.81. The Labute approximate surface area is 231 Å². The van der Waals surface area contributed by atoms with Crippen LogP contribution in [0.1, 0.15) is 66.0 Å². The predicted octanol–water partition coefficient (Wildman–Crippen LogP) is 6.61. The number of thioether (sulfide) groups is 1. The number of aromatic amines is 1. The molecule has 4 rings (SSSR count). The third kappa shape index (κ3) is 6.29. The van der Waals surface area contributed by atoms with Crippen LogP contribution in [0.5, 0.6) is 0 Å². The number of nitrogens with one attached hydrogen (secondary N) is 2. The quantitative estimate of drug-likeness (QED) is 0.231. The summed E-state index contributed by atoms with van der Waals surface area (Å²) in [7, 11) is -1.20. The van der Waals surface area contributed by atoms with Gasteiger partial charge in [0.25, 0.3) is 11.5 Å². The van der Waals surface area contributed by atoms with Crippen molar-refractivity contribution in [1.29, 1.82) is 0 Å². The minimum atomic E-state index is -1.20. The van der Waals surface area contributed by atoms with Gasteiger partial charge in [-0.05, 0) is 70.8 Å². The number of nitrogens with zero attached hydrogens (tertiary/aromatic N) is 1. The number of aryl methyl sites for hydroxylation is 1. The lowest BCUT2D eigenvalue weighted by Gasteiger charge is -2.34. The number of hydrogen-bond donors (Lipinski definition) is 2. The fourth-order valence-corrected chi connectivity index (χ4v) is 7.25. The van der Waals surface area contributed by atoms with Gasteiger partial charge in [-0.2, -0.15) is 0 Å². The molecule has 1 aliphatic rings. The van der Waals surface area contributed by atoms with Gasteiger partial charge >= 0.3 is 0 Å². The van der Waals surface area contributed by atoms with Crippen molar-refractivity contribution in [2.24, 2.45) is 5.92 Å². The lowest BCUT2D eigenvalue weighted by atomic mass is 9.83. The molecular weight excluding hydrogens is 511 g/mol. The highest BCUT2D eigenvalue weighted by Gasteiger charge is 2.30. The average molecular weight is 554 g/mol. The van der Waals surface area contributed by atoms with Crippen LogP contribution in [-0.4, -0.2) is 42.1 Å². The van der Waals surface area contributed by atoms with Crippen LogP contribution >= 0.6 is 11.8 Å². The number of pyridine rings is 1. The molecule has 1 aromatic carbocycles. The Morgan fingerprint density at radius 1 is 1.18 bits per heavy atom. The van der Waals surface area contributed by atoms with Crippen molar-refractivity contribution >= 4 is 36.6 Å². The Hall–Kier alpha value is -2.29. The second-order valence-electron chi connectivity index (χ2n) is 12.0. The molecule has 0 saturated heterocycles. The van der Waals surface area contributed by atoms with Gasteiger partial charge in [0.05, 0.1) is 19.7 Å². The number of H-pyrrole nitrogens is 1. The van der Waals surface area contributed by atoms with E-state index >= 15 is 0 Å². The maximum Gasteiger partial charge on any atom is 0.254 e. The average Bonchev–Trinajstić information content (AvgIpc) is 3.17. The van der Waals surface area contributed by atoms with Crippen LogP contribution < -0.4 is 10.9 Å². The molecule has 3 aromatic rings. The molecule has 0 bridgehead atoms. The summed E-state index contributed by atoms with van der Waals surface area (Å²) < 4.78 is 8.65. The molecule has 38 heavy (non-hydrogen) atoms. The zero-order chi connectivity index (χ0) is 27.6. The van der Waals surface area contributed by atoms with Crippen molar-refractivity contribution < 1.29 is 9.53 Å². The third-order valence-corrected chi connectivity index (χ3v) is 9.66. The molecule has 1 amide bonds. The van der Waals surface area contributed by atoms with E-state index in [9.17, 15) is 9.59 Å². The molecular formula is C30H43N3O3SSi. The number of rotatable bonds is 9. The van der Waals surface area contributed by atoms with Gasteiger partial charge in [-0.15, -0.1) is 11.8 Å². The second kappa shape index (κ2) is 11.8. The first-order chi connectivity index (χ1) is 18.0. The molecule has 8 heteroatoms. The van der Waals surface area contributed by atoms with E-state index in [4.69, 9.17) is 4.74 Å². The number of hydrogen-bond acceptors (Lipinski definition) is 4. The maximum atomic E-state index is 13.6. The molecule has 2 aromatic heterocycles. The van der Waals surface area contributed by atoms with Crippen LogP contribution in [0.15, 0.2) is 40.0 Å². The van der Waals surface area contributed by atoms with Crippen LogP contribution in [0.3, 0.4) is 0 Å². The number of ether oxygens (including phenoxy) is 1. The standard InChI is InChI=1S/C30H43N3O3SSi/c1-19-16-27(37-4)25(29(34)32-19)17-31-30(35)28-21(3)33(26-11-9-8-10-24(26)28)20(2)22-12-14-23(15-13-22)36-18-38(5,6)7/h8-11,16,20,22-23H,12-15,17-18H2,1-7H3,(H,31,35)(H,32,34)/t20-,22?,23?/m1/s1. The third-order valence-electron chi connectivity index (χ3n) is 7.82. The van der Waals surface area contributed by atoms with E-state index in [-0.39, 0.29) is 24.1 Å². The van der Waals surface area contributed by atoms with Gasteiger partial charge in [0.1, 0.15) is 0 Å². The summed E-state index contributed by atoms with van der Waals surface area (Å²) in [4.78, 5) is 29.9. The predicted molar refractivity (Wildman–Crippen MR) is 161 cm³/mol. The summed E-state index contributed by atoms with van der Waals surface area (Å²) >= 11 is 1.52. The normalized spacial score (nSPS) is 19.0. The van der Waals surface area contributed by atoms with E-state index in [2.05, 4.69) is 54.4 Å². The Morgan fingerprint density at radius 3 is 2.53 bits per heavy atom. The first kappa shape index (κ1) is 28.7. The lowest BCUT2D eigenvalue weighted by Crippen LogP contribution is -2.34. The number of carbonyl (C=O) groups excluding carboxylic acids is 1. The van der Waals surface area contributed by atoms with Gasteiger partial charge in [-0.25, -0.2) is 0 Å². The summed E-state index contributed by atoms with van der Waals surface area (Å²) in [6, 6.07) is 10.4. The fraction of sp³-hybridized carbons (Fsp3) is 0.533. The number of carbonyl (C=O) groups is 1. The summed E-state index contributed by atoms with van der Waals surface area (Å²) in [5.74, 6) is 0.405. The molecule has 0 aliphatic heterocycles. The first-order valence-electron chi connectivity index (χ1n) is 13.8. The molecule has 0 radical (unpaired) electrons. The number of benzene rings is 1. The highest BCUT2D eigenvalue weighted by Crippen LogP contribution is 2.38. The molecule has 0 unspecified atom stereocenters. The summed E-state index contributed by atoms with van der Waals surface area (Å²) in [6.45, 7) is 13.5. The molecule has 2 N–H and O–H groups in total. The van der Waals surface area contributed by atoms with Crippen LogP contribution in [0.25, 0.3) is 10.9 Å². The summed E-state index contributed by atoms with van der Waals surface area (Å²) in [5.41, 5.74) is 4.05. The minimum absolute atomic E-state index is 0.139. The van der Waals surface area contributed by atoms with Gasteiger partial charge in [0.15, 0.2) is 0 Å². The van der Waals surface area contributed by atoms with Gasteiger partial charge in [-0.3, -0.25) is 9.59 Å². The van der Waals surface area contributed by atoms with Gasteiger partial charge in [-0.1, -0.05) is 37.8 Å². The van der Waals surface area contributed by atoms with E-state index in [0.717, 1.165) is 59.1 Å². The van der Waals surface area contributed by atoms with Crippen LogP contribution in [-0.2, 0) is 11.3 Å². The van der Waals surface area contributed by atoms with Gasteiger partial charge in [0, 0.05) is 51.6 Å². The van der Waals surface area contributed by atoms with Crippen molar-refractivity contribution in [2.75, 3.05) is 12.5 Å². The van der Waals surface area contributed by atoms with Gasteiger partial charge in [0.2, 0.25) is 0 Å². The number of amides is 1. The molecule has 1 fully saturated rings. The van der Waals surface area contributed by atoms with E-state index in [0.29, 0.717) is 23.1 Å². The van der Waals surface area contributed by atoms with Crippen LogP contribution in [0.2, 0.25) is 19.6 Å². The molecule has 1 aliphatic carbocycles. The van der Waals surface area contributed by atoms with E-state index in [1.165, 1.54) is 11.8 Å². The zero-order valence-corrected chi connectivity index (χ0v) is 25.8. The second-order valence-corrected chi connectivity index (χ2v) is 18.3. The van der Waals surface area contributed by atoms with E-state index < -0.39 is 8.07 Å². The monoisotopic (exact) mass is 553 g/mol. The Morgan fingerprint density at radius 2 is 1.87 bits per heavy atom. The smallest absolute Gasteiger partial charge is 0.254 e. The first-order valence-corrected chi connectivity index (χ1v) is 18.7. The van der Waals surface area contributed by atoms with E-state index in [1.807, 2.05) is 37.4 Å². The van der Waals surface area contributed by atoms with E-state index in [1.54, 1.807) is 0 Å². The van der Waals surface area contributed by atoms with Gasteiger partial charge < -0.3 is 19.6 Å². The number of fused-ring (bicyclic) bond motifs is 1. The molecule has 1 saturated carbocycles. The summed E-state index contributed by atoms with van der Waals surface area (Å²) in [5, 5.41) is 4.01. The largest absolute Gasteiger partial charge is 0.382 e.